The van der Waals surface area contributed by atoms with E-state index in [0.717, 1.165) is 26.2 Å². The van der Waals surface area contributed by atoms with Crippen molar-refractivity contribution in [3.05, 3.63) is 0 Å². The average Bonchev–Trinajstić information content (AvgIpc) is 2.29. The van der Waals surface area contributed by atoms with Crippen molar-refractivity contribution in [1.82, 2.24) is 15.1 Å². The van der Waals surface area contributed by atoms with Gasteiger partial charge in [-0.1, -0.05) is 13.8 Å². The standard InChI is InChI=1S/C12H25N3O/c1-5-14(6-2)9-12(16)15-8-7-13-10(3)11(15)4/h10-11,13H,5-9H2,1-4H3. The maximum absolute atomic E-state index is 12.1. The predicted molar refractivity (Wildman–Crippen MR) is 66.4 cm³/mol. The molecule has 2 atom stereocenters. The van der Waals surface area contributed by atoms with Crippen LogP contribution in [0.1, 0.15) is 27.7 Å². The van der Waals surface area contributed by atoms with E-state index in [2.05, 4.69) is 37.9 Å². The summed E-state index contributed by atoms with van der Waals surface area (Å²) in [6.45, 7) is 12.7. The summed E-state index contributed by atoms with van der Waals surface area (Å²) in [5.41, 5.74) is 0. The normalized spacial score (nSPS) is 26.2. The number of hydrogen-bond donors (Lipinski definition) is 1. The third kappa shape index (κ3) is 3.19. The quantitative estimate of drug-likeness (QED) is 0.761. The van der Waals surface area contributed by atoms with Gasteiger partial charge in [-0.25, -0.2) is 0 Å². The molecule has 1 N–H and O–H groups in total. The first-order valence-electron chi connectivity index (χ1n) is 6.35. The molecule has 1 amide bonds. The lowest BCUT2D eigenvalue weighted by Crippen LogP contribution is -2.58. The summed E-state index contributed by atoms with van der Waals surface area (Å²) in [5.74, 6) is 0.268. The fourth-order valence-corrected chi connectivity index (χ4v) is 2.14. The van der Waals surface area contributed by atoms with E-state index in [0.29, 0.717) is 18.6 Å². The van der Waals surface area contributed by atoms with Gasteiger partial charge >= 0.3 is 0 Å². The zero-order valence-electron chi connectivity index (χ0n) is 11.0. The number of nitrogens with zero attached hydrogens (tertiary/aromatic N) is 2. The summed E-state index contributed by atoms with van der Waals surface area (Å²) < 4.78 is 0. The van der Waals surface area contributed by atoms with E-state index in [4.69, 9.17) is 0 Å². The third-order valence-corrected chi connectivity index (χ3v) is 3.61. The van der Waals surface area contributed by atoms with Gasteiger partial charge in [0.05, 0.1) is 6.54 Å². The SMILES string of the molecule is CCN(CC)CC(=O)N1CCNC(C)C1C. The van der Waals surface area contributed by atoms with Crippen molar-refractivity contribution < 1.29 is 4.79 Å². The Kier molecular flexibility index (Phi) is 5.22. The highest BCUT2D eigenvalue weighted by molar-refractivity contribution is 5.78. The molecule has 0 radical (unpaired) electrons. The Morgan fingerprint density at radius 2 is 2.00 bits per heavy atom. The highest BCUT2D eigenvalue weighted by Crippen LogP contribution is 2.09. The maximum Gasteiger partial charge on any atom is 0.237 e. The van der Waals surface area contributed by atoms with Crippen LogP contribution in [0.2, 0.25) is 0 Å². The molecule has 2 unspecified atom stereocenters. The summed E-state index contributed by atoms with van der Waals surface area (Å²) in [6, 6.07) is 0.700. The first-order valence-corrected chi connectivity index (χ1v) is 6.35. The number of carbonyl (C=O) groups is 1. The van der Waals surface area contributed by atoms with Crippen LogP contribution >= 0.6 is 0 Å². The predicted octanol–water partition coefficient (Wildman–Crippen LogP) is 0.537. The van der Waals surface area contributed by atoms with Crippen LogP contribution in [-0.2, 0) is 4.79 Å². The first kappa shape index (κ1) is 13.5. The van der Waals surface area contributed by atoms with Gasteiger partial charge in [-0.2, -0.15) is 0 Å². The van der Waals surface area contributed by atoms with E-state index in [1.54, 1.807) is 0 Å². The van der Waals surface area contributed by atoms with Crippen LogP contribution in [0.15, 0.2) is 0 Å². The highest BCUT2D eigenvalue weighted by Gasteiger charge is 2.28. The molecule has 0 aromatic rings. The van der Waals surface area contributed by atoms with Crippen LogP contribution in [0.5, 0.6) is 0 Å². The van der Waals surface area contributed by atoms with Crippen LogP contribution in [0.3, 0.4) is 0 Å². The van der Waals surface area contributed by atoms with E-state index in [1.165, 1.54) is 0 Å². The molecule has 4 heteroatoms. The molecule has 16 heavy (non-hydrogen) atoms. The van der Waals surface area contributed by atoms with Crippen LogP contribution in [0.25, 0.3) is 0 Å². The van der Waals surface area contributed by atoms with Gasteiger partial charge in [0, 0.05) is 25.2 Å². The lowest BCUT2D eigenvalue weighted by atomic mass is 10.1. The summed E-state index contributed by atoms with van der Waals surface area (Å²) in [6.07, 6.45) is 0. The molecular formula is C12H25N3O. The summed E-state index contributed by atoms with van der Waals surface area (Å²) >= 11 is 0. The number of amides is 1. The maximum atomic E-state index is 12.1. The van der Waals surface area contributed by atoms with Crippen molar-refractivity contribution in [2.24, 2.45) is 0 Å². The average molecular weight is 227 g/mol. The zero-order valence-corrected chi connectivity index (χ0v) is 11.0. The zero-order chi connectivity index (χ0) is 12.1. The Hall–Kier alpha value is -0.610. The number of rotatable bonds is 4. The van der Waals surface area contributed by atoms with Crippen molar-refractivity contribution in [2.45, 2.75) is 39.8 Å². The molecule has 1 fully saturated rings. The summed E-state index contributed by atoms with van der Waals surface area (Å²) in [7, 11) is 0. The van der Waals surface area contributed by atoms with Crippen LogP contribution in [0.4, 0.5) is 0 Å². The Balaban J connectivity index is 2.52. The number of nitrogens with one attached hydrogen (secondary N) is 1. The fourth-order valence-electron chi connectivity index (χ4n) is 2.14. The van der Waals surface area contributed by atoms with E-state index in [-0.39, 0.29) is 5.91 Å². The molecule has 1 aliphatic heterocycles. The molecule has 0 bridgehead atoms. The van der Waals surface area contributed by atoms with Crippen molar-refractivity contribution in [2.75, 3.05) is 32.7 Å². The van der Waals surface area contributed by atoms with Crippen LogP contribution in [-0.4, -0.2) is 60.5 Å². The summed E-state index contributed by atoms with van der Waals surface area (Å²) in [4.78, 5) is 16.3. The Labute approximate surface area is 99.0 Å². The molecule has 0 aromatic heterocycles. The van der Waals surface area contributed by atoms with Crippen molar-refractivity contribution in [3.8, 4) is 0 Å². The molecule has 0 aliphatic carbocycles. The Bertz CT molecular complexity index is 228. The van der Waals surface area contributed by atoms with Gasteiger partial charge in [0.1, 0.15) is 0 Å². The molecule has 0 aromatic carbocycles. The molecule has 0 spiro atoms. The van der Waals surface area contributed by atoms with Gasteiger partial charge in [0.15, 0.2) is 0 Å². The van der Waals surface area contributed by atoms with Crippen molar-refractivity contribution in [1.29, 1.82) is 0 Å². The summed E-state index contributed by atoms with van der Waals surface area (Å²) in [5, 5.41) is 3.39. The van der Waals surface area contributed by atoms with E-state index >= 15 is 0 Å². The fraction of sp³-hybridized carbons (Fsp3) is 0.917. The van der Waals surface area contributed by atoms with Gasteiger partial charge in [0.2, 0.25) is 5.91 Å². The smallest absolute Gasteiger partial charge is 0.237 e. The molecule has 0 saturated carbocycles. The minimum absolute atomic E-state index is 0.268. The molecule has 1 heterocycles. The first-order chi connectivity index (χ1) is 7.60. The van der Waals surface area contributed by atoms with Crippen LogP contribution in [0, 0.1) is 0 Å². The number of piperazine rings is 1. The monoisotopic (exact) mass is 227 g/mol. The molecule has 1 aliphatic rings. The Morgan fingerprint density at radius 1 is 1.38 bits per heavy atom. The van der Waals surface area contributed by atoms with Gasteiger partial charge in [-0.3, -0.25) is 9.69 Å². The van der Waals surface area contributed by atoms with Gasteiger partial charge in [-0.05, 0) is 26.9 Å². The van der Waals surface area contributed by atoms with Gasteiger partial charge in [0.25, 0.3) is 0 Å². The van der Waals surface area contributed by atoms with E-state index < -0.39 is 0 Å². The lowest BCUT2D eigenvalue weighted by molar-refractivity contribution is -0.136. The molecule has 94 valence electrons. The van der Waals surface area contributed by atoms with Crippen molar-refractivity contribution >= 4 is 5.91 Å². The van der Waals surface area contributed by atoms with Gasteiger partial charge < -0.3 is 10.2 Å². The molecule has 1 saturated heterocycles. The largest absolute Gasteiger partial charge is 0.336 e. The van der Waals surface area contributed by atoms with Crippen molar-refractivity contribution in [3.63, 3.8) is 0 Å². The Morgan fingerprint density at radius 3 is 2.56 bits per heavy atom. The topological polar surface area (TPSA) is 35.6 Å². The van der Waals surface area contributed by atoms with E-state index in [1.807, 2.05) is 4.90 Å². The number of likely N-dealkylation sites (N-methyl/N-ethyl adjacent to an activating group) is 1. The highest BCUT2D eigenvalue weighted by atomic mass is 16.2. The molecule has 4 nitrogen and oxygen atoms in total. The second kappa shape index (κ2) is 6.21. The van der Waals surface area contributed by atoms with Gasteiger partial charge in [-0.15, -0.1) is 0 Å². The minimum atomic E-state index is 0.268. The van der Waals surface area contributed by atoms with E-state index in [9.17, 15) is 4.79 Å². The molecule has 1 rings (SSSR count). The second-order valence-electron chi connectivity index (χ2n) is 4.53. The van der Waals surface area contributed by atoms with Crippen LogP contribution < -0.4 is 5.32 Å². The molecular weight excluding hydrogens is 202 g/mol. The second-order valence-corrected chi connectivity index (χ2v) is 4.53. The minimum Gasteiger partial charge on any atom is -0.336 e. The third-order valence-electron chi connectivity index (χ3n) is 3.61. The number of carbonyl (C=O) groups excluding carboxylic acids is 1. The lowest BCUT2D eigenvalue weighted by Gasteiger charge is -2.39. The number of hydrogen-bond acceptors (Lipinski definition) is 3.